The third-order valence-corrected chi connectivity index (χ3v) is 4.96. The van der Waals surface area contributed by atoms with Gasteiger partial charge in [-0.1, -0.05) is 24.3 Å². The van der Waals surface area contributed by atoms with Gasteiger partial charge in [-0.3, -0.25) is 9.59 Å². The van der Waals surface area contributed by atoms with E-state index in [0.717, 1.165) is 41.4 Å². The minimum absolute atomic E-state index is 0.0722. The first kappa shape index (κ1) is 20.6. The van der Waals surface area contributed by atoms with Crippen LogP contribution in [0.15, 0.2) is 48.7 Å². The van der Waals surface area contributed by atoms with E-state index in [0.29, 0.717) is 12.1 Å². The van der Waals surface area contributed by atoms with E-state index in [-0.39, 0.29) is 18.2 Å². The van der Waals surface area contributed by atoms with E-state index in [9.17, 15) is 9.59 Å². The van der Waals surface area contributed by atoms with Crippen LogP contribution in [0.5, 0.6) is 0 Å². The Bertz CT molecular complexity index is 990. The van der Waals surface area contributed by atoms with Gasteiger partial charge in [-0.2, -0.15) is 0 Å². The summed E-state index contributed by atoms with van der Waals surface area (Å²) in [5, 5.41) is 4.09. The maximum Gasteiger partial charge on any atom is 0.251 e. The summed E-state index contributed by atoms with van der Waals surface area (Å²) in [6.07, 6.45) is 3.93. The maximum absolute atomic E-state index is 12.6. The second-order valence-electron chi connectivity index (χ2n) is 7.59. The Morgan fingerprint density at radius 2 is 1.76 bits per heavy atom. The van der Waals surface area contributed by atoms with Crippen molar-refractivity contribution in [3.63, 3.8) is 0 Å². The minimum atomic E-state index is -0.339. The number of primary amides is 1. The number of likely N-dealkylation sites (N-methyl/N-ethyl adjacent to an activating group) is 1. The number of benzene rings is 2. The molecule has 3 rings (SSSR count). The molecule has 6 nitrogen and oxygen atoms in total. The van der Waals surface area contributed by atoms with Crippen LogP contribution in [-0.2, 0) is 24.1 Å². The molecule has 0 fully saturated rings. The summed E-state index contributed by atoms with van der Waals surface area (Å²) in [5.41, 5.74) is 10.1. The second-order valence-corrected chi connectivity index (χ2v) is 7.59. The number of aromatic nitrogens is 1. The van der Waals surface area contributed by atoms with Gasteiger partial charge in [0.1, 0.15) is 0 Å². The first-order valence-electron chi connectivity index (χ1n) is 9.81. The van der Waals surface area contributed by atoms with Gasteiger partial charge in [0, 0.05) is 35.8 Å². The summed E-state index contributed by atoms with van der Waals surface area (Å²) in [4.78, 5) is 29.0. The first-order chi connectivity index (χ1) is 13.9. The van der Waals surface area contributed by atoms with Gasteiger partial charge in [-0.25, -0.2) is 0 Å². The number of nitrogens with two attached hydrogens (primary N) is 1. The third kappa shape index (κ3) is 5.68. The zero-order valence-electron chi connectivity index (χ0n) is 17.0. The van der Waals surface area contributed by atoms with Crippen molar-refractivity contribution in [3.05, 3.63) is 70.9 Å². The van der Waals surface area contributed by atoms with Crippen molar-refractivity contribution >= 4 is 22.7 Å². The van der Waals surface area contributed by atoms with Crippen molar-refractivity contribution < 1.29 is 9.59 Å². The summed E-state index contributed by atoms with van der Waals surface area (Å²) in [6.45, 7) is 1.51. The van der Waals surface area contributed by atoms with Crippen molar-refractivity contribution in [2.24, 2.45) is 5.73 Å². The van der Waals surface area contributed by atoms with E-state index in [4.69, 9.17) is 5.73 Å². The van der Waals surface area contributed by atoms with E-state index in [1.54, 1.807) is 0 Å². The summed E-state index contributed by atoms with van der Waals surface area (Å²) < 4.78 is 0. The van der Waals surface area contributed by atoms with Gasteiger partial charge in [-0.05, 0) is 61.8 Å². The van der Waals surface area contributed by atoms with Crippen LogP contribution >= 0.6 is 0 Å². The van der Waals surface area contributed by atoms with Crippen molar-refractivity contribution in [3.8, 4) is 0 Å². The molecule has 1 aromatic heterocycles. The number of H-pyrrole nitrogens is 1. The molecule has 0 saturated heterocycles. The normalized spacial score (nSPS) is 11.1. The molecule has 1 heterocycles. The van der Waals surface area contributed by atoms with Gasteiger partial charge in [-0.15, -0.1) is 0 Å². The van der Waals surface area contributed by atoms with Crippen molar-refractivity contribution in [2.45, 2.75) is 19.3 Å². The van der Waals surface area contributed by atoms with Crippen LogP contribution in [0, 0.1) is 0 Å². The molecule has 29 heavy (non-hydrogen) atoms. The highest BCUT2D eigenvalue weighted by molar-refractivity contribution is 5.98. The second kappa shape index (κ2) is 9.39. The molecule has 0 radical (unpaired) electrons. The Balaban J connectivity index is 1.58. The van der Waals surface area contributed by atoms with Gasteiger partial charge in [0.2, 0.25) is 5.91 Å². The number of carbonyl (C=O) groups excluding carboxylic acids is 2. The van der Waals surface area contributed by atoms with E-state index < -0.39 is 0 Å². The van der Waals surface area contributed by atoms with Gasteiger partial charge in [0.05, 0.1) is 6.42 Å². The van der Waals surface area contributed by atoms with Gasteiger partial charge in [0.25, 0.3) is 5.91 Å². The fourth-order valence-corrected chi connectivity index (χ4v) is 3.32. The average Bonchev–Trinajstić information content (AvgIpc) is 3.09. The highest BCUT2D eigenvalue weighted by atomic mass is 16.2. The SMILES string of the molecule is CN(C)CCc1c[nH]c2ccc(C(=O)NCCc3ccc(CC(N)=O)cc3)cc12. The Labute approximate surface area is 171 Å². The molecular weight excluding hydrogens is 364 g/mol. The predicted octanol–water partition coefficient (Wildman–Crippen LogP) is 2.27. The molecule has 6 heteroatoms. The Kier molecular flexibility index (Phi) is 6.67. The van der Waals surface area contributed by atoms with E-state index in [1.807, 2.05) is 48.7 Å². The van der Waals surface area contributed by atoms with Crippen LogP contribution in [0.4, 0.5) is 0 Å². The average molecular weight is 393 g/mol. The summed E-state index contributed by atoms with van der Waals surface area (Å²) >= 11 is 0. The molecule has 0 aliphatic heterocycles. The highest BCUT2D eigenvalue weighted by Crippen LogP contribution is 2.20. The molecule has 0 aliphatic rings. The van der Waals surface area contributed by atoms with Crippen LogP contribution in [0.25, 0.3) is 10.9 Å². The summed E-state index contributed by atoms with van der Waals surface area (Å²) in [7, 11) is 4.11. The molecule has 3 aromatic rings. The van der Waals surface area contributed by atoms with Crippen LogP contribution in [-0.4, -0.2) is 48.9 Å². The first-order valence-corrected chi connectivity index (χ1v) is 9.81. The number of rotatable bonds is 9. The van der Waals surface area contributed by atoms with E-state index >= 15 is 0 Å². The van der Waals surface area contributed by atoms with E-state index in [2.05, 4.69) is 29.3 Å². The standard InChI is InChI=1S/C23H28N4O2/c1-27(2)12-10-19-15-26-21-8-7-18(14-20(19)21)23(29)25-11-9-16-3-5-17(6-4-16)13-22(24)28/h3-8,14-15,26H,9-13H2,1-2H3,(H2,24,28)(H,25,29). The molecule has 0 spiro atoms. The van der Waals surface area contributed by atoms with Gasteiger partial charge in [0.15, 0.2) is 0 Å². The van der Waals surface area contributed by atoms with Crippen molar-refractivity contribution in [1.29, 1.82) is 0 Å². The minimum Gasteiger partial charge on any atom is -0.369 e. The molecular formula is C23H28N4O2. The maximum atomic E-state index is 12.6. The van der Waals surface area contributed by atoms with E-state index in [1.165, 1.54) is 5.56 Å². The van der Waals surface area contributed by atoms with Gasteiger partial charge < -0.3 is 20.9 Å². The molecule has 2 aromatic carbocycles. The Morgan fingerprint density at radius 3 is 2.45 bits per heavy atom. The predicted molar refractivity (Wildman–Crippen MR) is 116 cm³/mol. The number of hydrogen-bond donors (Lipinski definition) is 3. The number of carbonyl (C=O) groups is 2. The molecule has 0 saturated carbocycles. The largest absolute Gasteiger partial charge is 0.369 e. The van der Waals surface area contributed by atoms with Crippen LogP contribution < -0.4 is 11.1 Å². The lowest BCUT2D eigenvalue weighted by atomic mass is 10.1. The number of nitrogens with zero attached hydrogens (tertiary/aromatic N) is 1. The third-order valence-electron chi connectivity index (χ3n) is 4.96. The zero-order valence-corrected chi connectivity index (χ0v) is 17.0. The van der Waals surface area contributed by atoms with Crippen molar-refractivity contribution in [2.75, 3.05) is 27.2 Å². The number of amides is 2. The Hall–Kier alpha value is -3.12. The monoisotopic (exact) mass is 392 g/mol. The fourth-order valence-electron chi connectivity index (χ4n) is 3.32. The summed E-state index contributed by atoms with van der Waals surface area (Å²) in [6, 6.07) is 13.5. The lowest BCUT2D eigenvalue weighted by Crippen LogP contribution is -2.25. The molecule has 0 unspecified atom stereocenters. The van der Waals surface area contributed by atoms with Crippen LogP contribution in [0.2, 0.25) is 0 Å². The lowest BCUT2D eigenvalue weighted by Gasteiger charge is -2.09. The molecule has 0 bridgehead atoms. The van der Waals surface area contributed by atoms with Crippen LogP contribution in [0.3, 0.4) is 0 Å². The number of nitrogens with one attached hydrogen (secondary N) is 2. The quantitative estimate of drug-likeness (QED) is 0.522. The molecule has 4 N–H and O–H groups in total. The number of fused-ring (bicyclic) bond motifs is 1. The zero-order chi connectivity index (χ0) is 20.8. The molecule has 0 aliphatic carbocycles. The van der Waals surface area contributed by atoms with Crippen molar-refractivity contribution in [1.82, 2.24) is 15.2 Å². The van der Waals surface area contributed by atoms with Gasteiger partial charge >= 0.3 is 0 Å². The fraction of sp³-hybridized carbons (Fsp3) is 0.304. The number of aromatic amines is 1. The smallest absolute Gasteiger partial charge is 0.251 e. The molecule has 0 atom stereocenters. The molecule has 152 valence electrons. The molecule has 2 amide bonds. The number of hydrogen-bond acceptors (Lipinski definition) is 3. The van der Waals surface area contributed by atoms with Crippen LogP contribution in [0.1, 0.15) is 27.0 Å². The topological polar surface area (TPSA) is 91.2 Å². The Morgan fingerprint density at radius 1 is 1.03 bits per heavy atom. The highest BCUT2D eigenvalue weighted by Gasteiger charge is 2.10. The summed E-state index contributed by atoms with van der Waals surface area (Å²) in [5.74, 6) is -0.411. The lowest BCUT2D eigenvalue weighted by molar-refractivity contribution is -0.117.